The number of methoxy groups -OCH3 is 4. The molecule has 4 aromatic heterocycles. The monoisotopic (exact) mass is 1870 g/mol. The standard InChI is InChI=1S/C37H47NO4.C28H33NO4.C27H31NO4.C26H29NO4/c1-23(2)9-8-10-24(3)11-14-27-22-38-29-18-26(19-30(39)34(27)29)13-12-25-17-28-21-32-36(4,5)33(40)15-16-37(32,6)42-35(28)31(20-25)41-7;1-27(2)24-16-19-12-17(6-7-18-13-21-20(9-11-29-21)22(14-18)31-4)15-23(32-5)26(19)33-28(24,3)10-8-25(27)30;1-26(2)23-15-18-11-16(5-6-17-12-20-19(8-10-28-20)21(29)13-17)14-22(31-4)25(18)32-27(23,3)9-7-24(26)30;1-25(2)22-14-17-10-15(4-5-16-11-19-18(7-9-27-19)20(28)12-16)13-21(29)24(17)31-26(22,3)8-6-23(25)30/h9,11-13,17-20,22,32-33,38-40H,8,10,14-16,21H2,1-7H3;6-7,9,11-15,24-25,29-30H,8,10,16H2,1-5H3;5-6,8,10-14,23-24,28-30H,7,9,15H2,1-4H3;4-5,7,9-13,22-23,27-30H,6,8,14H2,1-3H3/b13-12+,24-11+;7-6+;6-5+;5-4+/t32-,33-,37-;24-,25-,28-;23-,24-,27-;22-,23-,26-/m1111/s1. The van der Waals surface area contributed by atoms with E-state index >= 15 is 0 Å². The molecule has 20 rings (SSSR count). The van der Waals surface area contributed by atoms with Crippen molar-refractivity contribution < 1.29 is 78.7 Å². The molecule has 8 aliphatic rings. The Morgan fingerprint density at radius 3 is 1.01 bits per heavy atom. The predicted octanol–water partition coefficient (Wildman–Crippen LogP) is 25.4. The largest absolute Gasteiger partial charge is 0.507 e. The maximum absolute atomic E-state index is 11.0. The van der Waals surface area contributed by atoms with Crippen LogP contribution >= 0.6 is 0 Å². The van der Waals surface area contributed by atoms with Crippen LogP contribution in [-0.4, -0.2) is 136 Å². The number of aliphatic hydroxyl groups excluding tert-OH is 4. The van der Waals surface area contributed by atoms with Gasteiger partial charge in [0.1, 0.15) is 45.4 Å². The summed E-state index contributed by atoms with van der Waals surface area (Å²) in [5.74, 6) is 7.82. The summed E-state index contributed by atoms with van der Waals surface area (Å²) in [7, 11) is 6.75. The second kappa shape index (κ2) is 37.8. The highest BCUT2D eigenvalue weighted by molar-refractivity contribution is 5.94. The van der Waals surface area contributed by atoms with Gasteiger partial charge < -0.3 is 98.7 Å². The number of benzene rings is 8. The first-order valence-electron chi connectivity index (χ1n) is 49.1. The van der Waals surface area contributed by atoms with Crippen LogP contribution in [-0.2, 0) is 32.1 Å². The fourth-order valence-corrected chi connectivity index (χ4v) is 24.1. The van der Waals surface area contributed by atoms with E-state index in [1.54, 1.807) is 52.8 Å². The fourth-order valence-electron chi connectivity index (χ4n) is 24.1. The molecule has 728 valence electrons. The highest BCUT2D eigenvalue weighted by Crippen LogP contribution is 2.61. The summed E-state index contributed by atoms with van der Waals surface area (Å²) >= 11 is 0. The van der Waals surface area contributed by atoms with Crippen molar-refractivity contribution in [3.8, 4) is 69.0 Å². The highest BCUT2D eigenvalue weighted by atomic mass is 16.5. The van der Waals surface area contributed by atoms with Crippen molar-refractivity contribution in [3.05, 3.63) is 236 Å². The van der Waals surface area contributed by atoms with Gasteiger partial charge in [0.2, 0.25) is 0 Å². The summed E-state index contributed by atoms with van der Waals surface area (Å²) in [5, 5.41) is 88.5. The van der Waals surface area contributed by atoms with Crippen molar-refractivity contribution in [2.24, 2.45) is 45.3 Å². The summed E-state index contributed by atoms with van der Waals surface area (Å²) < 4.78 is 49.1. The van der Waals surface area contributed by atoms with Gasteiger partial charge in [0.15, 0.2) is 46.0 Å². The third-order valence-electron chi connectivity index (χ3n) is 32.7. The number of H-pyrrole nitrogens is 4. The van der Waals surface area contributed by atoms with E-state index in [4.69, 9.17) is 37.9 Å². The Hall–Kier alpha value is -12.2. The number of phenolic OH excluding ortho intramolecular Hbond substituents is 4. The van der Waals surface area contributed by atoms with Crippen LogP contribution < -0.4 is 37.9 Å². The van der Waals surface area contributed by atoms with Crippen molar-refractivity contribution in [2.75, 3.05) is 28.4 Å². The molecule has 0 amide bonds. The maximum atomic E-state index is 11.0. The Kier molecular flexibility index (Phi) is 26.7. The number of aromatic amines is 4. The molecular formula is C118H140N4O16. The van der Waals surface area contributed by atoms with E-state index in [-0.39, 0.29) is 110 Å². The lowest BCUT2D eigenvalue weighted by molar-refractivity contribution is -0.138. The summed E-state index contributed by atoms with van der Waals surface area (Å²) in [5.41, 5.74) is 17.2. The molecule has 12 aromatic rings. The van der Waals surface area contributed by atoms with E-state index < -0.39 is 5.60 Å². The second-order valence-corrected chi connectivity index (χ2v) is 43.7. The van der Waals surface area contributed by atoms with Crippen LogP contribution in [0, 0.1) is 45.3 Å². The molecule has 0 bridgehead atoms. The van der Waals surface area contributed by atoms with Gasteiger partial charge in [0.25, 0.3) is 0 Å². The number of aromatic nitrogens is 4. The average molecular weight is 1870 g/mol. The zero-order valence-electron chi connectivity index (χ0n) is 83.6. The lowest BCUT2D eigenvalue weighted by Gasteiger charge is -2.55. The Balaban J connectivity index is 0.000000128. The number of allylic oxidation sites excluding steroid dienone is 4. The molecule has 4 saturated carbocycles. The molecule has 8 aromatic carbocycles. The van der Waals surface area contributed by atoms with Crippen molar-refractivity contribution in [2.45, 2.75) is 247 Å². The average Bonchev–Trinajstić information content (AvgIpc) is 1.14. The lowest BCUT2D eigenvalue weighted by Crippen LogP contribution is -2.58. The molecule has 0 spiro atoms. The van der Waals surface area contributed by atoms with Crippen LogP contribution in [0.25, 0.3) is 92.2 Å². The molecule has 138 heavy (non-hydrogen) atoms. The van der Waals surface area contributed by atoms with Crippen molar-refractivity contribution in [3.63, 3.8) is 0 Å². The van der Waals surface area contributed by atoms with Crippen LogP contribution in [0.1, 0.15) is 240 Å². The number of aliphatic hydroxyl groups is 4. The van der Waals surface area contributed by atoms with Crippen LogP contribution in [0.4, 0.5) is 0 Å². The predicted molar refractivity (Wildman–Crippen MR) is 555 cm³/mol. The van der Waals surface area contributed by atoms with E-state index in [0.717, 1.165) is 246 Å². The fraction of sp³-hybridized carbons (Fsp3) is 0.424. The van der Waals surface area contributed by atoms with Gasteiger partial charge in [-0.2, -0.15) is 0 Å². The summed E-state index contributed by atoms with van der Waals surface area (Å²) in [4.78, 5) is 12.9. The number of nitrogens with one attached hydrogen (secondary N) is 4. The van der Waals surface area contributed by atoms with Gasteiger partial charge >= 0.3 is 0 Å². The molecule has 20 nitrogen and oxygen atoms in total. The molecule has 12 N–H and O–H groups in total. The number of aromatic hydroxyl groups is 4. The van der Waals surface area contributed by atoms with Gasteiger partial charge in [-0.25, -0.2) is 0 Å². The molecule has 0 radical (unpaired) electrons. The lowest BCUT2D eigenvalue weighted by atomic mass is 9.57. The van der Waals surface area contributed by atoms with E-state index in [1.807, 2.05) is 110 Å². The smallest absolute Gasteiger partial charge is 0.165 e. The molecular weight excluding hydrogens is 1730 g/mol. The van der Waals surface area contributed by atoms with E-state index in [0.29, 0.717) is 12.2 Å². The van der Waals surface area contributed by atoms with Crippen molar-refractivity contribution in [1.82, 2.24) is 19.9 Å². The van der Waals surface area contributed by atoms with Crippen LogP contribution in [0.3, 0.4) is 0 Å². The summed E-state index contributed by atoms with van der Waals surface area (Å²) in [6.07, 6.45) is 39.3. The van der Waals surface area contributed by atoms with Crippen LogP contribution in [0.5, 0.6) is 69.0 Å². The summed E-state index contributed by atoms with van der Waals surface area (Å²) in [6.45, 7) is 32.3. The first-order valence-corrected chi connectivity index (χ1v) is 49.1. The molecule has 8 heterocycles. The minimum Gasteiger partial charge on any atom is -0.507 e. The first-order chi connectivity index (χ1) is 65.5. The number of hydrogen-bond donors (Lipinski definition) is 12. The molecule has 20 heteroatoms. The van der Waals surface area contributed by atoms with Gasteiger partial charge in [-0.05, 0) is 354 Å². The number of ether oxygens (including phenoxy) is 8. The maximum Gasteiger partial charge on any atom is 0.165 e. The number of hydrogen-bond acceptors (Lipinski definition) is 16. The van der Waals surface area contributed by atoms with Crippen molar-refractivity contribution in [1.29, 1.82) is 0 Å². The normalized spacial score (nSPS) is 25.6. The van der Waals surface area contributed by atoms with E-state index in [1.165, 1.54) is 11.1 Å². The van der Waals surface area contributed by atoms with E-state index in [9.17, 15) is 40.9 Å². The number of rotatable bonds is 17. The molecule has 0 saturated heterocycles. The zero-order valence-corrected chi connectivity index (χ0v) is 83.6. The Labute approximate surface area is 811 Å². The minimum absolute atomic E-state index is 0.142. The van der Waals surface area contributed by atoms with Gasteiger partial charge in [-0.3, -0.25) is 0 Å². The highest BCUT2D eigenvalue weighted by Gasteiger charge is 2.59. The van der Waals surface area contributed by atoms with Gasteiger partial charge in [0.05, 0.1) is 52.9 Å². The molecule has 4 aliphatic heterocycles. The third kappa shape index (κ3) is 19.0. The second-order valence-electron chi connectivity index (χ2n) is 43.7. The molecule has 4 aliphatic carbocycles. The number of fused-ring (bicyclic) bond motifs is 12. The van der Waals surface area contributed by atoms with Crippen LogP contribution in [0.2, 0.25) is 0 Å². The summed E-state index contributed by atoms with van der Waals surface area (Å²) in [6, 6.07) is 37.6. The SMILES string of the molecule is CC1(C)[C@H](O)CC[C@@]2(C)Oc3c(O)cc(/C=C/c4cc(O)c5cc[nH]c5c4)cc3C[C@H]12.COc1cc(/C=C/c2cc(O)c3c(C/C=C(\C)CCC=C(C)C)c[nH]c3c2)cc2c1O[C@]1(C)CC[C@@H](O)C(C)(C)[C@H]1C2.COc1cc(/C=C/c2cc(O)c3cc[nH]c3c2)cc2c1O[C@]1(C)CC[C@@H](O)C(C)(C)[C@H]1C2.COc1cc(/C=C/c2cc(OC)c3cc[nH]c3c2)cc2c1O[C@]1(C)CC[C@@H](O)C(C)(C)[C@H]1C2. The van der Waals surface area contributed by atoms with Gasteiger partial charge in [0, 0.05) is 92.1 Å². The zero-order chi connectivity index (χ0) is 98.3. The van der Waals surface area contributed by atoms with Crippen molar-refractivity contribution >= 4 is 92.2 Å². The Bertz CT molecular complexity index is 6770. The van der Waals surface area contributed by atoms with Gasteiger partial charge in [-0.1, -0.05) is 127 Å². The third-order valence-corrected chi connectivity index (χ3v) is 32.7. The molecule has 0 unspecified atom stereocenters. The molecule has 12 atom stereocenters. The molecule has 4 fully saturated rings. The minimum atomic E-state index is -0.395. The van der Waals surface area contributed by atoms with E-state index in [2.05, 4.69) is 191 Å². The Morgan fingerprint density at radius 1 is 0.348 bits per heavy atom. The quantitative estimate of drug-likeness (QED) is 0.0298. The topological polar surface area (TPSA) is 299 Å². The Morgan fingerprint density at radius 2 is 0.645 bits per heavy atom. The first kappa shape index (κ1) is 97.4. The van der Waals surface area contributed by atoms with Gasteiger partial charge in [-0.15, -0.1) is 0 Å². The van der Waals surface area contributed by atoms with Crippen LogP contribution in [0.15, 0.2) is 163 Å². The number of phenols is 4.